The second-order valence-electron chi connectivity index (χ2n) is 4.20. The summed E-state index contributed by atoms with van der Waals surface area (Å²) in [5, 5.41) is 4.42. The Morgan fingerprint density at radius 2 is 2.29 bits per heavy atom. The van der Waals surface area contributed by atoms with E-state index in [1.807, 2.05) is 30.1 Å². The fourth-order valence-corrected chi connectivity index (χ4v) is 1.87. The molecule has 0 bridgehead atoms. The maximum absolute atomic E-state index is 6.17. The van der Waals surface area contributed by atoms with Crippen molar-refractivity contribution in [1.29, 1.82) is 0 Å². The van der Waals surface area contributed by atoms with E-state index in [2.05, 4.69) is 23.1 Å². The molecule has 0 saturated heterocycles. The van der Waals surface area contributed by atoms with Crippen molar-refractivity contribution in [2.75, 3.05) is 0 Å². The Hall–Kier alpha value is -1.68. The van der Waals surface area contributed by atoms with E-state index in [-0.39, 0.29) is 6.04 Å². The van der Waals surface area contributed by atoms with E-state index in [9.17, 15) is 0 Å². The normalized spacial score (nSPS) is 12.6. The van der Waals surface area contributed by atoms with Crippen molar-refractivity contribution in [2.24, 2.45) is 12.8 Å². The molecule has 2 aromatic heterocycles. The van der Waals surface area contributed by atoms with E-state index in [0.717, 1.165) is 24.1 Å². The zero-order valence-corrected chi connectivity index (χ0v) is 10.3. The van der Waals surface area contributed by atoms with Crippen LogP contribution in [0.1, 0.15) is 29.9 Å². The summed E-state index contributed by atoms with van der Waals surface area (Å²) in [5.41, 5.74) is 9.50. The first kappa shape index (κ1) is 11.8. The van der Waals surface area contributed by atoms with Crippen molar-refractivity contribution in [3.05, 3.63) is 47.5 Å². The molecule has 0 radical (unpaired) electrons. The number of nitrogens with zero attached hydrogens (tertiary/aromatic N) is 3. The van der Waals surface area contributed by atoms with Gasteiger partial charge in [-0.2, -0.15) is 5.10 Å². The van der Waals surface area contributed by atoms with Gasteiger partial charge >= 0.3 is 0 Å². The van der Waals surface area contributed by atoms with Crippen LogP contribution >= 0.6 is 0 Å². The highest BCUT2D eigenvalue weighted by Crippen LogP contribution is 2.15. The van der Waals surface area contributed by atoms with E-state index in [4.69, 9.17) is 5.73 Å². The molecule has 17 heavy (non-hydrogen) atoms. The summed E-state index contributed by atoms with van der Waals surface area (Å²) in [6, 6.07) is 6.02. The molecule has 0 aromatic carbocycles. The predicted octanol–water partition coefficient (Wildman–Crippen LogP) is 1.62. The topological polar surface area (TPSA) is 56.7 Å². The van der Waals surface area contributed by atoms with Gasteiger partial charge in [0.1, 0.15) is 0 Å². The van der Waals surface area contributed by atoms with Gasteiger partial charge in [0.2, 0.25) is 0 Å². The van der Waals surface area contributed by atoms with Gasteiger partial charge in [-0.3, -0.25) is 9.67 Å². The first-order chi connectivity index (χ1) is 8.20. The summed E-state index contributed by atoms with van der Waals surface area (Å²) in [7, 11) is 1.96. The largest absolute Gasteiger partial charge is 0.324 e. The van der Waals surface area contributed by atoms with E-state index < -0.39 is 0 Å². The van der Waals surface area contributed by atoms with Gasteiger partial charge in [-0.05, 0) is 24.1 Å². The van der Waals surface area contributed by atoms with Crippen LogP contribution in [-0.4, -0.2) is 14.8 Å². The fraction of sp³-hybridized carbons (Fsp3) is 0.385. The summed E-state index contributed by atoms with van der Waals surface area (Å²) in [6.45, 7) is 2.10. The second-order valence-corrected chi connectivity index (χ2v) is 4.20. The number of aryl methyl sites for hydroxylation is 2. The summed E-state index contributed by atoms with van der Waals surface area (Å²) in [4.78, 5) is 4.09. The standard InChI is InChI=1S/C13H18N4/c1-3-11-7-12(17(2)16-11)8-13(14)10-5-4-6-15-9-10/h4-7,9,13H,3,8,14H2,1-2H3. The van der Waals surface area contributed by atoms with Crippen molar-refractivity contribution in [2.45, 2.75) is 25.8 Å². The minimum Gasteiger partial charge on any atom is -0.324 e. The van der Waals surface area contributed by atoms with Gasteiger partial charge in [-0.15, -0.1) is 0 Å². The van der Waals surface area contributed by atoms with Crippen molar-refractivity contribution in [3.63, 3.8) is 0 Å². The number of nitrogens with two attached hydrogens (primary N) is 1. The molecule has 2 rings (SSSR count). The SMILES string of the molecule is CCc1cc(CC(N)c2cccnc2)n(C)n1. The van der Waals surface area contributed by atoms with Gasteiger partial charge in [-0.25, -0.2) is 0 Å². The number of rotatable bonds is 4. The Labute approximate surface area is 101 Å². The molecule has 2 N–H and O–H groups in total. The molecule has 4 heteroatoms. The number of hydrogen-bond acceptors (Lipinski definition) is 3. The lowest BCUT2D eigenvalue weighted by molar-refractivity contribution is 0.637. The number of hydrogen-bond donors (Lipinski definition) is 1. The lowest BCUT2D eigenvalue weighted by Gasteiger charge is -2.11. The van der Waals surface area contributed by atoms with Crippen LogP contribution in [0.3, 0.4) is 0 Å². The quantitative estimate of drug-likeness (QED) is 0.868. The van der Waals surface area contributed by atoms with Crippen molar-refractivity contribution >= 4 is 0 Å². The van der Waals surface area contributed by atoms with Crippen LogP contribution in [0.4, 0.5) is 0 Å². The Morgan fingerprint density at radius 1 is 1.47 bits per heavy atom. The van der Waals surface area contributed by atoms with Gasteiger partial charge in [0.15, 0.2) is 0 Å². The Bertz CT molecular complexity index is 475. The van der Waals surface area contributed by atoms with Crippen LogP contribution in [0.25, 0.3) is 0 Å². The van der Waals surface area contributed by atoms with E-state index >= 15 is 0 Å². The summed E-state index contributed by atoms with van der Waals surface area (Å²) < 4.78 is 1.91. The third-order valence-electron chi connectivity index (χ3n) is 2.93. The molecule has 0 aliphatic carbocycles. The predicted molar refractivity (Wildman–Crippen MR) is 67.5 cm³/mol. The second kappa shape index (κ2) is 5.10. The summed E-state index contributed by atoms with van der Waals surface area (Å²) in [6.07, 6.45) is 5.32. The number of aromatic nitrogens is 3. The Balaban J connectivity index is 2.13. The minimum atomic E-state index is -0.0243. The van der Waals surface area contributed by atoms with Crippen LogP contribution in [0.2, 0.25) is 0 Å². The fourth-order valence-electron chi connectivity index (χ4n) is 1.87. The maximum atomic E-state index is 6.17. The zero-order chi connectivity index (χ0) is 12.3. The molecule has 0 saturated carbocycles. The van der Waals surface area contributed by atoms with Gasteiger partial charge in [0, 0.05) is 37.6 Å². The molecular formula is C13H18N4. The van der Waals surface area contributed by atoms with Crippen molar-refractivity contribution < 1.29 is 0 Å². The summed E-state index contributed by atoms with van der Waals surface area (Å²) in [5.74, 6) is 0. The monoisotopic (exact) mass is 230 g/mol. The molecule has 0 aliphatic rings. The molecule has 0 spiro atoms. The third-order valence-corrected chi connectivity index (χ3v) is 2.93. The molecule has 0 amide bonds. The average molecular weight is 230 g/mol. The van der Waals surface area contributed by atoms with Crippen LogP contribution in [0.15, 0.2) is 30.6 Å². The smallest absolute Gasteiger partial charge is 0.0624 e. The highest BCUT2D eigenvalue weighted by atomic mass is 15.3. The van der Waals surface area contributed by atoms with Gasteiger partial charge in [0.05, 0.1) is 5.69 Å². The van der Waals surface area contributed by atoms with E-state index in [1.165, 1.54) is 5.69 Å². The highest BCUT2D eigenvalue weighted by molar-refractivity contribution is 5.18. The molecule has 0 fully saturated rings. The molecule has 1 atom stereocenters. The maximum Gasteiger partial charge on any atom is 0.0624 e. The lowest BCUT2D eigenvalue weighted by atomic mass is 10.0. The average Bonchev–Trinajstić information content (AvgIpc) is 2.71. The molecule has 90 valence electrons. The first-order valence-electron chi connectivity index (χ1n) is 5.88. The molecule has 0 aliphatic heterocycles. The van der Waals surface area contributed by atoms with Crippen molar-refractivity contribution in [3.8, 4) is 0 Å². The van der Waals surface area contributed by atoms with E-state index in [1.54, 1.807) is 6.20 Å². The molecule has 4 nitrogen and oxygen atoms in total. The Kier molecular flexibility index (Phi) is 3.54. The number of pyridine rings is 1. The molecular weight excluding hydrogens is 212 g/mol. The summed E-state index contributed by atoms with van der Waals surface area (Å²) >= 11 is 0. The van der Waals surface area contributed by atoms with Crippen LogP contribution in [0, 0.1) is 0 Å². The third kappa shape index (κ3) is 2.71. The van der Waals surface area contributed by atoms with E-state index in [0.29, 0.717) is 0 Å². The van der Waals surface area contributed by atoms with Gasteiger partial charge in [0.25, 0.3) is 0 Å². The zero-order valence-electron chi connectivity index (χ0n) is 10.3. The van der Waals surface area contributed by atoms with Crippen LogP contribution < -0.4 is 5.73 Å². The molecule has 1 unspecified atom stereocenters. The first-order valence-corrected chi connectivity index (χ1v) is 5.88. The molecule has 2 aromatic rings. The molecule has 2 heterocycles. The minimum absolute atomic E-state index is 0.0243. The van der Waals surface area contributed by atoms with Crippen LogP contribution in [-0.2, 0) is 19.9 Å². The van der Waals surface area contributed by atoms with Gasteiger partial charge < -0.3 is 5.73 Å². The van der Waals surface area contributed by atoms with Crippen LogP contribution in [0.5, 0.6) is 0 Å². The Morgan fingerprint density at radius 3 is 2.88 bits per heavy atom. The van der Waals surface area contributed by atoms with Crippen molar-refractivity contribution in [1.82, 2.24) is 14.8 Å². The highest BCUT2D eigenvalue weighted by Gasteiger charge is 2.11. The lowest BCUT2D eigenvalue weighted by Crippen LogP contribution is -2.15. The van der Waals surface area contributed by atoms with Gasteiger partial charge in [-0.1, -0.05) is 13.0 Å².